The van der Waals surface area contributed by atoms with Crippen LogP contribution in [0.1, 0.15) is 12.0 Å². The van der Waals surface area contributed by atoms with Gasteiger partial charge in [0.05, 0.1) is 19.6 Å². The number of esters is 1. The lowest BCUT2D eigenvalue weighted by molar-refractivity contribution is -0.140. The van der Waals surface area contributed by atoms with Gasteiger partial charge in [0, 0.05) is 5.56 Å². The highest BCUT2D eigenvalue weighted by Gasteiger charge is 2.05. The molecule has 0 amide bonds. The second-order valence-electron chi connectivity index (χ2n) is 3.02. The molecule has 1 aromatic rings. The van der Waals surface area contributed by atoms with Gasteiger partial charge in [-0.25, -0.2) is 0 Å². The van der Waals surface area contributed by atoms with Crippen molar-refractivity contribution in [2.75, 3.05) is 7.11 Å². The molecule has 2 N–H and O–H groups in total. The first-order valence-corrected chi connectivity index (χ1v) is 4.61. The van der Waals surface area contributed by atoms with Gasteiger partial charge in [0.2, 0.25) is 0 Å². The molecule has 0 bridgehead atoms. The van der Waals surface area contributed by atoms with Crippen molar-refractivity contribution >= 4 is 5.97 Å². The van der Waals surface area contributed by atoms with E-state index in [0.29, 0.717) is 0 Å². The monoisotopic (exact) mass is 203 g/mol. The van der Waals surface area contributed by atoms with E-state index in [9.17, 15) is 4.79 Å². The van der Waals surface area contributed by atoms with Crippen LogP contribution in [0.4, 0.5) is 0 Å². The number of hydrogen-bond donors (Lipinski definition) is 1. The Labute approximate surface area is 89.2 Å². The van der Waals surface area contributed by atoms with E-state index in [1.807, 2.05) is 30.3 Å². The van der Waals surface area contributed by atoms with Crippen molar-refractivity contribution in [1.29, 1.82) is 0 Å². The van der Waals surface area contributed by atoms with Crippen molar-refractivity contribution in [1.82, 2.24) is 0 Å². The van der Waals surface area contributed by atoms with Crippen LogP contribution in [0.15, 0.2) is 30.3 Å². The summed E-state index contributed by atoms with van der Waals surface area (Å²) in [5.74, 6) is 5.34. The van der Waals surface area contributed by atoms with E-state index >= 15 is 0 Å². The Morgan fingerprint density at radius 2 is 2.13 bits per heavy atom. The number of methoxy groups -OCH3 is 1. The van der Waals surface area contributed by atoms with Gasteiger partial charge in [-0.1, -0.05) is 30.0 Å². The van der Waals surface area contributed by atoms with Crippen molar-refractivity contribution in [3.05, 3.63) is 35.9 Å². The van der Waals surface area contributed by atoms with Gasteiger partial charge in [-0.3, -0.25) is 4.79 Å². The molecule has 1 rings (SSSR count). The van der Waals surface area contributed by atoms with Crippen LogP contribution >= 0.6 is 0 Å². The summed E-state index contributed by atoms with van der Waals surface area (Å²) in [6, 6.07) is 9.01. The van der Waals surface area contributed by atoms with Crippen LogP contribution in [0.25, 0.3) is 0 Å². The van der Waals surface area contributed by atoms with Crippen molar-refractivity contribution in [2.45, 2.75) is 12.5 Å². The van der Waals surface area contributed by atoms with E-state index in [1.165, 1.54) is 7.11 Å². The largest absolute Gasteiger partial charge is 0.469 e. The smallest absolute Gasteiger partial charge is 0.308 e. The minimum absolute atomic E-state index is 0.121. The number of carbonyl (C=O) groups excluding carboxylic acids is 1. The zero-order valence-electron chi connectivity index (χ0n) is 8.57. The van der Waals surface area contributed by atoms with Gasteiger partial charge >= 0.3 is 5.97 Å². The molecule has 3 heteroatoms. The van der Waals surface area contributed by atoms with Crippen LogP contribution in [-0.4, -0.2) is 19.1 Å². The van der Waals surface area contributed by atoms with Crippen LogP contribution < -0.4 is 5.73 Å². The summed E-state index contributed by atoms with van der Waals surface area (Å²) < 4.78 is 4.49. The summed E-state index contributed by atoms with van der Waals surface area (Å²) in [4.78, 5) is 10.9. The Balaban J connectivity index is 2.55. The van der Waals surface area contributed by atoms with Gasteiger partial charge in [-0.2, -0.15) is 0 Å². The molecule has 0 aromatic heterocycles. The number of ether oxygens (including phenoxy) is 1. The van der Waals surface area contributed by atoms with E-state index in [1.54, 1.807) is 0 Å². The predicted molar refractivity (Wildman–Crippen MR) is 57.9 cm³/mol. The lowest BCUT2D eigenvalue weighted by Crippen LogP contribution is -2.22. The fraction of sp³-hybridized carbons (Fsp3) is 0.250. The highest BCUT2D eigenvalue weighted by molar-refractivity contribution is 5.70. The molecule has 78 valence electrons. The maximum absolute atomic E-state index is 10.9. The second kappa shape index (κ2) is 5.84. The normalized spacial score (nSPS) is 11.1. The lowest BCUT2D eigenvalue weighted by Gasteiger charge is -2.00. The molecule has 0 aliphatic carbocycles. The van der Waals surface area contributed by atoms with Crippen molar-refractivity contribution in [3.8, 4) is 11.8 Å². The van der Waals surface area contributed by atoms with Crippen molar-refractivity contribution in [3.63, 3.8) is 0 Å². The SMILES string of the molecule is COC(=O)C[C@H](N)C#Cc1ccccc1. The van der Waals surface area contributed by atoms with E-state index in [4.69, 9.17) is 5.73 Å². The molecule has 0 spiro atoms. The third-order valence-electron chi connectivity index (χ3n) is 1.79. The molecular weight excluding hydrogens is 190 g/mol. The van der Waals surface area contributed by atoms with E-state index in [2.05, 4.69) is 16.6 Å². The molecule has 0 heterocycles. The van der Waals surface area contributed by atoms with E-state index in [-0.39, 0.29) is 12.4 Å². The van der Waals surface area contributed by atoms with Gasteiger partial charge in [-0.15, -0.1) is 0 Å². The van der Waals surface area contributed by atoms with Crippen LogP contribution in [0.2, 0.25) is 0 Å². The molecule has 1 atom stereocenters. The average Bonchev–Trinajstić information content (AvgIpc) is 2.27. The van der Waals surface area contributed by atoms with Crippen LogP contribution in [0, 0.1) is 11.8 Å². The Hall–Kier alpha value is -1.79. The summed E-state index contributed by atoms with van der Waals surface area (Å²) in [6.45, 7) is 0. The third-order valence-corrected chi connectivity index (χ3v) is 1.79. The minimum Gasteiger partial charge on any atom is -0.469 e. The highest BCUT2D eigenvalue weighted by Crippen LogP contribution is 1.96. The molecule has 1 aromatic carbocycles. The first-order valence-electron chi connectivity index (χ1n) is 4.61. The third kappa shape index (κ3) is 4.30. The summed E-state index contributed by atoms with van der Waals surface area (Å²) in [5.41, 5.74) is 6.51. The average molecular weight is 203 g/mol. The van der Waals surface area contributed by atoms with Crippen molar-refractivity contribution in [2.24, 2.45) is 5.73 Å². The number of hydrogen-bond acceptors (Lipinski definition) is 3. The van der Waals surface area contributed by atoms with E-state index < -0.39 is 6.04 Å². The first kappa shape index (κ1) is 11.3. The van der Waals surface area contributed by atoms with Gasteiger partial charge in [0.1, 0.15) is 0 Å². The number of nitrogens with two attached hydrogens (primary N) is 1. The molecule has 3 nitrogen and oxygen atoms in total. The van der Waals surface area contributed by atoms with Crippen molar-refractivity contribution < 1.29 is 9.53 Å². The quantitative estimate of drug-likeness (QED) is 0.574. The summed E-state index contributed by atoms with van der Waals surface area (Å²) >= 11 is 0. The molecule has 15 heavy (non-hydrogen) atoms. The molecule has 0 saturated heterocycles. The molecular formula is C12H13NO2. The molecule has 0 radical (unpaired) electrons. The van der Waals surface area contributed by atoms with Crippen LogP contribution in [-0.2, 0) is 9.53 Å². The van der Waals surface area contributed by atoms with Gasteiger partial charge < -0.3 is 10.5 Å². The zero-order valence-corrected chi connectivity index (χ0v) is 8.57. The standard InChI is InChI=1S/C12H13NO2/c1-15-12(14)9-11(13)8-7-10-5-3-2-4-6-10/h2-6,11H,9,13H2,1H3/t11-/m1/s1. The molecule has 0 fully saturated rings. The second-order valence-corrected chi connectivity index (χ2v) is 3.02. The Morgan fingerprint density at radius 1 is 1.47 bits per heavy atom. The molecule has 0 aliphatic rings. The molecule has 0 saturated carbocycles. The zero-order chi connectivity index (χ0) is 11.1. The van der Waals surface area contributed by atoms with Crippen LogP contribution in [0.5, 0.6) is 0 Å². The number of benzene rings is 1. The first-order chi connectivity index (χ1) is 7.22. The molecule has 0 unspecified atom stereocenters. The highest BCUT2D eigenvalue weighted by atomic mass is 16.5. The number of carbonyl (C=O) groups is 1. The Kier molecular flexibility index (Phi) is 4.39. The molecule has 0 aliphatic heterocycles. The Morgan fingerprint density at radius 3 is 2.73 bits per heavy atom. The fourth-order valence-electron chi connectivity index (χ4n) is 1.01. The summed E-state index contributed by atoms with van der Waals surface area (Å²) in [6.07, 6.45) is 0.121. The lowest BCUT2D eigenvalue weighted by atomic mass is 10.2. The summed E-state index contributed by atoms with van der Waals surface area (Å²) in [5, 5.41) is 0. The van der Waals surface area contributed by atoms with E-state index in [0.717, 1.165) is 5.56 Å². The van der Waals surface area contributed by atoms with Crippen LogP contribution in [0.3, 0.4) is 0 Å². The predicted octanol–water partition coefficient (Wildman–Crippen LogP) is 0.928. The minimum atomic E-state index is -0.474. The summed E-state index contributed by atoms with van der Waals surface area (Å²) in [7, 11) is 1.33. The van der Waals surface area contributed by atoms with Gasteiger partial charge in [0.15, 0.2) is 0 Å². The van der Waals surface area contributed by atoms with Gasteiger partial charge in [-0.05, 0) is 12.1 Å². The topological polar surface area (TPSA) is 52.3 Å². The van der Waals surface area contributed by atoms with Gasteiger partial charge in [0.25, 0.3) is 0 Å². The fourth-order valence-corrected chi connectivity index (χ4v) is 1.01. The maximum atomic E-state index is 10.9. The maximum Gasteiger partial charge on any atom is 0.308 e. The Bertz CT molecular complexity index is 376. The number of rotatable bonds is 2.